The molecule has 9 heteroatoms. The van der Waals surface area contributed by atoms with Gasteiger partial charge in [0.05, 0.1) is 23.6 Å². The fourth-order valence-electron chi connectivity index (χ4n) is 4.66. The lowest BCUT2D eigenvalue weighted by Gasteiger charge is -2.39. The minimum Gasteiger partial charge on any atom is -0.496 e. The zero-order valence-corrected chi connectivity index (χ0v) is 19.9. The van der Waals surface area contributed by atoms with E-state index in [9.17, 15) is 17.6 Å². The molecule has 0 radical (unpaired) electrons. The molecule has 1 atom stereocenters. The summed E-state index contributed by atoms with van der Waals surface area (Å²) in [6.45, 7) is 4.47. The number of ether oxygens (including phenoxy) is 1. The molecule has 0 aromatic heterocycles. The van der Waals surface area contributed by atoms with Crippen molar-refractivity contribution >= 4 is 21.6 Å². The van der Waals surface area contributed by atoms with Gasteiger partial charge >= 0.3 is 0 Å². The second kappa shape index (κ2) is 9.69. The lowest BCUT2D eigenvalue weighted by Crippen LogP contribution is -2.53. The van der Waals surface area contributed by atoms with E-state index in [0.717, 1.165) is 5.56 Å². The number of amides is 1. The molecule has 2 saturated heterocycles. The normalized spacial score (nSPS) is 20.0. The Morgan fingerprint density at radius 3 is 2.45 bits per heavy atom. The van der Waals surface area contributed by atoms with Crippen LogP contribution in [0.15, 0.2) is 47.4 Å². The lowest BCUT2D eigenvalue weighted by atomic mass is 9.97. The van der Waals surface area contributed by atoms with Crippen molar-refractivity contribution in [2.45, 2.75) is 24.7 Å². The van der Waals surface area contributed by atoms with Gasteiger partial charge in [-0.1, -0.05) is 12.1 Å². The first-order valence-electron chi connectivity index (χ1n) is 11.2. The van der Waals surface area contributed by atoms with Gasteiger partial charge in [0.25, 0.3) is 0 Å². The van der Waals surface area contributed by atoms with E-state index in [2.05, 4.69) is 0 Å². The molecule has 0 aliphatic carbocycles. The van der Waals surface area contributed by atoms with E-state index in [1.807, 2.05) is 4.90 Å². The predicted octanol–water partition coefficient (Wildman–Crippen LogP) is 2.89. The van der Waals surface area contributed by atoms with Crippen LogP contribution in [0.25, 0.3) is 0 Å². The number of aryl methyl sites for hydroxylation is 1. The predicted molar refractivity (Wildman–Crippen MR) is 124 cm³/mol. The number of piperidine rings is 1. The Balaban J connectivity index is 1.41. The molecule has 178 valence electrons. The number of para-hydroxylation sites is 1. The van der Waals surface area contributed by atoms with E-state index in [0.29, 0.717) is 57.0 Å². The standard InChI is InChI=1S/C24H30FN3O4S/c1-18-16-20(9-10-23(18)32-2)33(30,31)28-11-5-6-19(17-28)24(29)27-14-12-26(13-15-27)22-8-4-3-7-21(22)25/h3-4,7-10,16,19H,5-6,11-15,17H2,1-2H3/t19-/m0/s1. The SMILES string of the molecule is COc1ccc(S(=O)(=O)N2CCC[C@H](C(=O)N3CCN(c4ccccc4F)CC3)C2)cc1C. The molecule has 2 aliphatic rings. The van der Waals surface area contributed by atoms with Crippen LogP contribution < -0.4 is 9.64 Å². The van der Waals surface area contributed by atoms with Gasteiger partial charge in [-0.2, -0.15) is 4.31 Å². The van der Waals surface area contributed by atoms with Crippen molar-refractivity contribution in [3.05, 3.63) is 53.8 Å². The van der Waals surface area contributed by atoms with Gasteiger partial charge < -0.3 is 14.5 Å². The smallest absolute Gasteiger partial charge is 0.243 e. The maximum atomic E-state index is 14.1. The Hall–Kier alpha value is -2.65. The number of rotatable bonds is 5. The van der Waals surface area contributed by atoms with E-state index < -0.39 is 10.0 Å². The molecule has 2 aromatic carbocycles. The molecule has 2 aromatic rings. The van der Waals surface area contributed by atoms with E-state index in [-0.39, 0.29) is 29.1 Å². The number of benzene rings is 2. The number of anilines is 1. The summed E-state index contributed by atoms with van der Waals surface area (Å²) in [6, 6.07) is 11.5. The molecule has 0 saturated carbocycles. The summed E-state index contributed by atoms with van der Waals surface area (Å²) >= 11 is 0. The molecular weight excluding hydrogens is 445 g/mol. The minimum absolute atomic E-state index is 0.0194. The molecule has 4 rings (SSSR count). The molecule has 2 heterocycles. The Bertz CT molecular complexity index is 1120. The quantitative estimate of drug-likeness (QED) is 0.665. The average molecular weight is 476 g/mol. The van der Waals surface area contributed by atoms with Crippen molar-refractivity contribution in [3.63, 3.8) is 0 Å². The lowest BCUT2D eigenvalue weighted by molar-refractivity contribution is -0.137. The van der Waals surface area contributed by atoms with Gasteiger partial charge in [-0.15, -0.1) is 0 Å². The zero-order chi connectivity index (χ0) is 23.6. The van der Waals surface area contributed by atoms with Crippen LogP contribution in [-0.4, -0.2) is 69.9 Å². The van der Waals surface area contributed by atoms with Crippen molar-refractivity contribution in [1.29, 1.82) is 0 Å². The number of methoxy groups -OCH3 is 1. The Morgan fingerprint density at radius 1 is 1.06 bits per heavy atom. The molecule has 33 heavy (non-hydrogen) atoms. The molecule has 7 nitrogen and oxygen atoms in total. The first-order chi connectivity index (χ1) is 15.8. The molecule has 0 N–H and O–H groups in total. The number of hydrogen-bond donors (Lipinski definition) is 0. The first-order valence-corrected chi connectivity index (χ1v) is 12.7. The second-order valence-corrected chi connectivity index (χ2v) is 10.5. The first kappa shape index (κ1) is 23.5. The van der Waals surface area contributed by atoms with Gasteiger partial charge in [-0.25, -0.2) is 12.8 Å². The highest BCUT2D eigenvalue weighted by atomic mass is 32.2. The van der Waals surface area contributed by atoms with E-state index >= 15 is 0 Å². The van der Waals surface area contributed by atoms with Crippen molar-refractivity contribution < 1.29 is 22.3 Å². The number of carbonyl (C=O) groups is 1. The van der Waals surface area contributed by atoms with Crippen LogP contribution in [0.3, 0.4) is 0 Å². The molecular formula is C24H30FN3O4S. The fraction of sp³-hybridized carbons (Fsp3) is 0.458. The maximum absolute atomic E-state index is 14.1. The van der Waals surface area contributed by atoms with Crippen LogP contribution in [0.4, 0.5) is 10.1 Å². The van der Waals surface area contributed by atoms with Crippen molar-refractivity contribution in [2.75, 3.05) is 51.3 Å². The third-order valence-corrected chi connectivity index (χ3v) is 8.38. The van der Waals surface area contributed by atoms with Crippen molar-refractivity contribution in [3.8, 4) is 5.75 Å². The third kappa shape index (κ3) is 4.84. The second-order valence-electron chi connectivity index (χ2n) is 8.60. The fourth-order valence-corrected chi connectivity index (χ4v) is 6.27. The molecule has 0 bridgehead atoms. The van der Waals surface area contributed by atoms with Crippen LogP contribution in [0, 0.1) is 18.7 Å². The Labute approximate surface area is 194 Å². The number of hydrogen-bond acceptors (Lipinski definition) is 5. The monoisotopic (exact) mass is 475 g/mol. The number of nitrogens with zero attached hydrogens (tertiary/aromatic N) is 3. The van der Waals surface area contributed by atoms with Crippen LogP contribution in [-0.2, 0) is 14.8 Å². The topological polar surface area (TPSA) is 70.2 Å². The van der Waals surface area contributed by atoms with Crippen LogP contribution >= 0.6 is 0 Å². The molecule has 2 fully saturated rings. The molecule has 1 amide bonds. The summed E-state index contributed by atoms with van der Waals surface area (Å²) in [5.41, 5.74) is 1.30. The largest absolute Gasteiger partial charge is 0.496 e. The van der Waals surface area contributed by atoms with Crippen molar-refractivity contribution in [2.24, 2.45) is 5.92 Å². The Kier molecular flexibility index (Phi) is 6.90. The van der Waals surface area contributed by atoms with Gasteiger partial charge in [0.2, 0.25) is 15.9 Å². The van der Waals surface area contributed by atoms with Crippen LogP contribution in [0.5, 0.6) is 5.75 Å². The van der Waals surface area contributed by atoms with Gasteiger partial charge in [0.1, 0.15) is 11.6 Å². The highest BCUT2D eigenvalue weighted by Gasteiger charge is 2.36. The van der Waals surface area contributed by atoms with Crippen LogP contribution in [0.1, 0.15) is 18.4 Å². The van der Waals surface area contributed by atoms with E-state index in [1.165, 1.54) is 10.4 Å². The summed E-state index contributed by atoms with van der Waals surface area (Å²) in [7, 11) is -2.15. The maximum Gasteiger partial charge on any atom is 0.243 e. The van der Waals surface area contributed by atoms with Gasteiger partial charge in [0, 0.05) is 39.3 Å². The summed E-state index contributed by atoms with van der Waals surface area (Å²) in [5, 5.41) is 0. The van der Waals surface area contributed by atoms with Gasteiger partial charge in [-0.3, -0.25) is 4.79 Å². The molecule has 0 unspecified atom stereocenters. The van der Waals surface area contributed by atoms with Crippen molar-refractivity contribution in [1.82, 2.24) is 9.21 Å². The molecule has 0 spiro atoms. The Morgan fingerprint density at radius 2 is 1.79 bits per heavy atom. The number of carbonyl (C=O) groups excluding carboxylic acids is 1. The third-order valence-electron chi connectivity index (χ3n) is 6.52. The summed E-state index contributed by atoms with van der Waals surface area (Å²) in [6.07, 6.45) is 1.31. The van der Waals surface area contributed by atoms with Gasteiger partial charge in [0.15, 0.2) is 0 Å². The molecule has 2 aliphatic heterocycles. The minimum atomic E-state index is -3.70. The average Bonchev–Trinajstić information content (AvgIpc) is 2.84. The highest BCUT2D eigenvalue weighted by molar-refractivity contribution is 7.89. The highest BCUT2D eigenvalue weighted by Crippen LogP contribution is 2.28. The van der Waals surface area contributed by atoms with E-state index in [1.54, 1.807) is 55.3 Å². The van der Waals surface area contributed by atoms with Gasteiger partial charge in [-0.05, 0) is 55.7 Å². The number of piperazine rings is 1. The summed E-state index contributed by atoms with van der Waals surface area (Å²) < 4.78 is 47.2. The summed E-state index contributed by atoms with van der Waals surface area (Å²) in [5.74, 6) is -0.0174. The summed E-state index contributed by atoms with van der Waals surface area (Å²) in [4.78, 5) is 17.2. The number of sulfonamides is 1. The van der Waals surface area contributed by atoms with E-state index in [4.69, 9.17) is 4.74 Å². The number of halogens is 1. The zero-order valence-electron chi connectivity index (χ0n) is 19.0. The van der Waals surface area contributed by atoms with Crippen LogP contribution in [0.2, 0.25) is 0 Å².